The number of nitrogens with one attached hydrogen (secondary N) is 1. The van der Waals surface area contributed by atoms with Crippen molar-refractivity contribution in [3.63, 3.8) is 0 Å². The number of fused-ring (bicyclic) bond motifs is 1. The molecule has 4 heteroatoms. The van der Waals surface area contributed by atoms with Gasteiger partial charge < -0.3 is 19.9 Å². The second-order valence-corrected chi connectivity index (χ2v) is 7.98. The van der Waals surface area contributed by atoms with Crippen LogP contribution in [0.3, 0.4) is 0 Å². The van der Waals surface area contributed by atoms with Crippen LogP contribution < -0.4 is 5.32 Å². The van der Waals surface area contributed by atoms with Gasteiger partial charge in [-0.3, -0.25) is 0 Å². The second kappa shape index (κ2) is 7.10. The Morgan fingerprint density at radius 3 is 2.60 bits per heavy atom. The molecule has 1 aromatic carbocycles. The predicted molar refractivity (Wildman–Crippen MR) is 103 cm³/mol. The Labute approximate surface area is 150 Å². The molecule has 2 aromatic rings. The van der Waals surface area contributed by atoms with E-state index in [4.69, 9.17) is 0 Å². The largest absolute Gasteiger partial charge is 0.389 e. The molecule has 1 atom stereocenters. The molecule has 0 spiro atoms. The minimum Gasteiger partial charge on any atom is -0.389 e. The summed E-state index contributed by atoms with van der Waals surface area (Å²) in [4.78, 5) is 2.54. The maximum Gasteiger partial charge on any atom is 0.0729 e. The highest BCUT2D eigenvalue weighted by atomic mass is 16.3. The van der Waals surface area contributed by atoms with Gasteiger partial charge in [-0.1, -0.05) is 37.5 Å². The zero-order valence-electron chi connectivity index (χ0n) is 15.4. The lowest BCUT2D eigenvalue weighted by molar-refractivity contribution is -0.0313. The zero-order valence-corrected chi connectivity index (χ0v) is 15.4. The number of aromatic nitrogens is 1. The number of hydrogen-bond donors (Lipinski definition) is 2. The molecule has 2 fully saturated rings. The molecule has 0 bridgehead atoms. The maximum atomic E-state index is 11.6. The number of aryl methyl sites for hydroxylation is 1. The number of para-hydroxylation sites is 1. The first-order chi connectivity index (χ1) is 12.2. The van der Waals surface area contributed by atoms with E-state index in [0.717, 1.165) is 58.4 Å². The van der Waals surface area contributed by atoms with E-state index in [2.05, 4.69) is 52.3 Å². The number of nitrogens with zero attached hydrogens (tertiary/aromatic N) is 2. The van der Waals surface area contributed by atoms with Crippen molar-refractivity contribution in [1.82, 2.24) is 14.8 Å². The molecule has 0 radical (unpaired) electrons. The standard InChI is InChI=1S/C21H31N3O/c1-23-15-18(17-7-3-4-8-20(17)23)19(16-24-13-11-22-12-14-24)21(25)9-5-2-6-10-21/h3-4,7-8,15,19,22,25H,2,5-6,9-14,16H2,1H3. The van der Waals surface area contributed by atoms with Gasteiger partial charge in [0.25, 0.3) is 0 Å². The van der Waals surface area contributed by atoms with Gasteiger partial charge in [0.2, 0.25) is 0 Å². The molecule has 2 N–H and O–H groups in total. The van der Waals surface area contributed by atoms with E-state index in [1.54, 1.807) is 0 Å². The molecule has 4 nitrogen and oxygen atoms in total. The van der Waals surface area contributed by atoms with Crippen LogP contribution in [0, 0.1) is 0 Å². The molecule has 1 unspecified atom stereocenters. The van der Waals surface area contributed by atoms with E-state index >= 15 is 0 Å². The smallest absolute Gasteiger partial charge is 0.0729 e. The van der Waals surface area contributed by atoms with Crippen molar-refractivity contribution in [2.24, 2.45) is 7.05 Å². The first kappa shape index (κ1) is 17.1. The average Bonchev–Trinajstić information content (AvgIpc) is 2.98. The molecular weight excluding hydrogens is 310 g/mol. The third kappa shape index (κ3) is 3.35. The summed E-state index contributed by atoms with van der Waals surface area (Å²) in [6.07, 6.45) is 7.71. The molecule has 0 amide bonds. The Balaban J connectivity index is 1.73. The lowest BCUT2D eigenvalue weighted by Gasteiger charge is -2.42. The Hall–Kier alpha value is -1.36. The molecular formula is C21H31N3O. The Morgan fingerprint density at radius 2 is 1.84 bits per heavy atom. The van der Waals surface area contributed by atoms with Crippen molar-refractivity contribution in [3.05, 3.63) is 36.0 Å². The van der Waals surface area contributed by atoms with Crippen LogP contribution in [-0.4, -0.2) is 52.9 Å². The first-order valence-electron chi connectivity index (χ1n) is 9.87. The zero-order chi connectivity index (χ0) is 17.3. The van der Waals surface area contributed by atoms with Gasteiger partial charge in [0.15, 0.2) is 0 Å². The van der Waals surface area contributed by atoms with Crippen LogP contribution >= 0.6 is 0 Å². The predicted octanol–water partition coefficient (Wildman–Crippen LogP) is 2.86. The Kier molecular flexibility index (Phi) is 4.85. The van der Waals surface area contributed by atoms with Gasteiger partial charge in [-0.25, -0.2) is 0 Å². The molecule has 1 aliphatic carbocycles. The highest BCUT2D eigenvalue weighted by molar-refractivity contribution is 5.84. The lowest BCUT2D eigenvalue weighted by Crippen LogP contribution is -2.49. The molecule has 1 aliphatic heterocycles. The van der Waals surface area contributed by atoms with Crippen LogP contribution in [0.25, 0.3) is 10.9 Å². The lowest BCUT2D eigenvalue weighted by atomic mass is 9.72. The summed E-state index contributed by atoms with van der Waals surface area (Å²) >= 11 is 0. The van der Waals surface area contributed by atoms with Crippen molar-refractivity contribution >= 4 is 10.9 Å². The van der Waals surface area contributed by atoms with Crippen LogP contribution in [0.5, 0.6) is 0 Å². The highest BCUT2D eigenvalue weighted by Crippen LogP contribution is 2.43. The third-order valence-electron chi connectivity index (χ3n) is 6.32. The van der Waals surface area contributed by atoms with Crippen molar-refractivity contribution < 1.29 is 5.11 Å². The number of benzene rings is 1. The molecule has 1 saturated carbocycles. The van der Waals surface area contributed by atoms with Gasteiger partial charge in [0.05, 0.1) is 5.60 Å². The fourth-order valence-corrected chi connectivity index (χ4v) is 4.87. The van der Waals surface area contributed by atoms with Gasteiger partial charge in [-0.05, 0) is 24.5 Å². The quantitative estimate of drug-likeness (QED) is 0.898. The summed E-state index contributed by atoms with van der Waals surface area (Å²) in [7, 11) is 2.12. The van der Waals surface area contributed by atoms with Gasteiger partial charge in [-0.2, -0.15) is 0 Å². The molecule has 25 heavy (non-hydrogen) atoms. The number of piperazine rings is 1. The summed E-state index contributed by atoms with van der Waals surface area (Å²) in [6, 6.07) is 8.64. The second-order valence-electron chi connectivity index (χ2n) is 7.98. The number of aliphatic hydroxyl groups is 1. The van der Waals surface area contributed by atoms with Crippen LogP contribution in [0.1, 0.15) is 43.6 Å². The normalized spacial score (nSPS) is 23.0. The van der Waals surface area contributed by atoms with E-state index in [9.17, 15) is 5.11 Å². The molecule has 2 heterocycles. The van der Waals surface area contributed by atoms with Gasteiger partial charge in [0, 0.05) is 62.8 Å². The molecule has 136 valence electrons. The van der Waals surface area contributed by atoms with E-state index in [0.29, 0.717) is 0 Å². The van der Waals surface area contributed by atoms with Crippen molar-refractivity contribution in [2.75, 3.05) is 32.7 Å². The van der Waals surface area contributed by atoms with Gasteiger partial charge in [-0.15, -0.1) is 0 Å². The van der Waals surface area contributed by atoms with E-state index in [1.165, 1.54) is 22.9 Å². The van der Waals surface area contributed by atoms with Gasteiger partial charge >= 0.3 is 0 Å². The summed E-state index contributed by atoms with van der Waals surface area (Å²) in [5, 5.41) is 16.4. The molecule has 4 rings (SSSR count). The summed E-state index contributed by atoms with van der Waals surface area (Å²) in [5.41, 5.74) is 2.04. The van der Waals surface area contributed by atoms with E-state index in [-0.39, 0.29) is 5.92 Å². The van der Waals surface area contributed by atoms with Crippen LogP contribution in [-0.2, 0) is 7.05 Å². The van der Waals surface area contributed by atoms with Crippen molar-refractivity contribution in [1.29, 1.82) is 0 Å². The van der Waals surface area contributed by atoms with Crippen LogP contribution in [0.15, 0.2) is 30.5 Å². The van der Waals surface area contributed by atoms with E-state index in [1.807, 2.05) is 0 Å². The Morgan fingerprint density at radius 1 is 1.12 bits per heavy atom. The SMILES string of the molecule is Cn1cc(C(CN2CCNCC2)C2(O)CCCCC2)c2ccccc21. The van der Waals surface area contributed by atoms with Crippen molar-refractivity contribution in [2.45, 2.75) is 43.6 Å². The number of hydrogen-bond acceptors (Lipinski definition) is 3. The third-order valence-corrected chi connectivity index (χ3v) is 6.32. The molecule has 2 aliphatic rings. The summed E-state index contributed by atoms with van der Waals surface area (Å²) < 4.78 is 2.22. The first-order valence-corrected chi connectivity index (χ1v) is 9.87. The van der Waals surface area contributed by atoms with Crippen LogP contribution in [0.4, 0.5) is 0 Å². The van der Waals surface area contributed by atoms with Crippen LogP contribution in [0.2, 0.25) is 0 Å². The average molecular weight is 341 g/mol. The number of rotatable bonds is 4. The molecule has 1 saturated heterocycles. The highest BCUT2D eigenvalue weighted by Gasteiger charge is 2.40. The van der Waals surface area contributed by atoms with Gasteiger partial charge in [0.1, 0.15) is 0 Å². The van der Waals surface area contributed by atoms with E-state index < -0.39 is 5.60 Å². The Bertz CT molecular complexity index is 711. The minimum absolute atomic E-state index is 0.192. The minimum atomic E-state index is -0.562. The topological polar surface area (TPSA) is 40.4 Å². The summed E-state index contributed by atoms with van der Waals surface area (Å²) in [6.45, 7) is 5.24. The maximum absolute atomic E-state index is 11.6. The monoisotopic (exact) mass is 341 g/mol. The fraction of sp³-hybridized carbons (Fsp3) is 0.619. The molecule has 1 aromatic heterocycles. The summed E-state index contributed by atoms with van der Waals surface area (Å²) in [5.74, 6) is 0.192. The van der Waals surface area contributed by atoms with Crippen molar-refractivity contribution in [3.8, 4) is 0 Å². The fourth-order valence-electron chi connectivity index (χ4n) is 4.87.